The predicted octanol–water partition coefficient (Wildman–Crippen LogP) is 3.29. The van der Waals surface area contributed by atoms with Gasteiger partial charge in [0.2, 0.25) is 0 Å². The molecule has 0 aliphatic carbocycles. The average molecular weight is 334 g/mol. The second-order valence-corrected chi connectivity index (χ2v) is 6.96. The van der Waals surface area contributed by atoms with Crippen LogP contribution in [0.5, 0.6) is 0 Å². The van der Waals surface area contributed by atoms with E-state index >= 15 is 0 Å². The fraction of sp³-hybridized carbons (Fsp3) is 0.438. The van der Waals surface area contributed by atoms with Gasteiger partial charge in [0.05, 0.1) is 10.3 Å². The maximum Gasteiger partial charge on any atom is 0.494 e. The Kier molecular flexibility index (Phi) is 5.30. The monoisotopic (exact) mass is 334 g/mol. The molecule has 1 fully saturated rings. The van der Waals surface area contributed by atoms with Crippen molar-refractivity contribution in [3.05, 3.63) is 23.5 Å². The second kappa shape index (κ2) is 6.87. The number of hydrogen-bond acceptors (Lipinski definition) is 5. The topological polar surface area (TPSA) is 68.3 Å². The lowest BCUT2D eigenvalue weighted by molar-refractivity contribution is 0.0344. The molecule has 0 saturated carbocycles. The Labute approximate surface area is 140 Å². The minimum Gasteiger partial charge on any atom is -0.407 e. The van der Waals surface area contributed by atoms with E-state index in [1.54, 1.807) is 6.07 Å². The summed E-state index contributed by atoms with van der Waals surface area (Å²) in [5.41, 5.74) is 6.72. The number of benzene rings is 1. The third-order valence-electron chi connectivity index (χ3n) is 3.47. The zero-order valence-electron chi connectivity index (χ0n) is 13.8. The van der Waals surface area contributed by atoms with E-state index in [1.807, 2.05) is 33.8 Å². The quantitative estimate of drug-likeness (QED) is 0.813. The molecule has 3 rings (SSSR count). The maximum atomic E-state index is 13.9. The number of hydrogen-bond donors (Lipinski definition) is 1. The highest BCUT2D eigenvalue weighted by Gasteiger charge is 2.35. The van der Waals surface area contributed by atoms with Gasteiger partial charge in [0, 0.05) is 24.0 Å². The van der Waals surface area contributed by atoms with Crippen molar-refractivity contribution in [2.45, 2.75) is 27.7 Å². The van der Waals surface area contributed by atoms with E-state index in [2.05, 4.69) is 0 Å². The first-order valence-corrected chi connectivity index (χ1v) is 8.38. The zero-order chi connectivity index (χ0) is 17.2. The van der Waals surface area contributed by atoms with Crippen LogP contribution in [0, 0.1) is 22.6 Å². The summed E-state index contributed by atoms with van der Waals surface area (Å²) in [7, 11) is -0.595. The van der Waals surface area contributed by atoms with Crippen LogP contribution in [0.4, 0.5) is 9.39 Å². The van der Waals surface area contributed by atoms with Gasteiger partial charge in [-0.1, -0.05) is 33.8 Å². The van der Waals surface area contributed by atoms with E-state index in [9.17, 15) is 9.65 Å². The summed E-state index contributed by atoms with van der Waals surface area (Å²) >= 11 is 1.08. The van der Waals surface area contributed by atoms with Gasteiger partial charge in [0.25, 0.3) is 0 Å². The minimum atomic E-state index is -0.595. The summed E-state index contributed by atoms with van der Waals surface area (Å²) in [6.07, 6.45) is 0. The summed E-state index contributed by atoms with van der Waals surface area (Å²) < 4.78 is 25.8. The molecule has 1 aromatic heterocycles. The molecule has 0 amide bonds. The number of nitrogens with zero attached hydrogens (tertiary/aromatic N) is 1. The van der Waals surface area contributed by atoms with Crippen LogP contribution in [-0.4, -0.2) is 20.3 Å². The van der Waals surface area contributed by atoms with Crippen LogP contribution < -0.4 is 11.2 Å². The van der Waals surface area contributed by atoms with Crippen LogP contribution in [-0.2, 0) is 9.31 Å². The van der Waals surface area contributed by atoms with Gasteiger partial charge in [-0.15, -0.1) is 11.3 Å². The summed E-state index contributed by atoms with van der Waals surface area (Å²) in [5.74, 6) is -0.386. The molecule has 0 radical (unpaired) electrons. The van der Waals surface area contributed by atoms with Crippen molar-refractivity contribution in [1.82, 2.24) is 0 Å². The molecule has 122 valence electrons. The lowest BCUT2D eigenvalue weighted by atomic mass is 9.73. The van der Waals surface area contributed by atoms with Crippen LogP contribution in [0.25, 0.3) is 10.1 Å². The van der Waals surface area contributed by atoms with Crippen molar-refractivity contribution in [1.29, 1.82) is 5.26 Å². The third kappa shape index (κ3) is 3.35. The lowest BCUT2D eigenvalue weighted by Gasteiger charge is -2.33. The van der Waals surface area contributed by atoms with Crippen LogP contribution in [0.15, 0.2) is 12.1 Å². The molecule has 1 aliphatic heterocycles. The van der Waals surface area contributed by atoms with Crippen LogP contribution in [0.1, 0.15) is 33.3 Å². The van der Waals surface area contributed by atoms with Gasteiger partial charge < -0.3 is 15.0 Å². The Morgan fingerprint density at radius 1 is 1.30 bits per heavy atom. The zero-order valence-corrected chi connectivity index (χ0v) is 14.6. The van der Waals surface area contributed by atoms with Gasteiger partial charge in [0.1, 0.15) is 16.9 Å². The molecule has 4 nitrogen and oxygen atoms in total. The first-order chi connectivity index (χ1) is 10.9. The van der Waals surface area contributed by atoms with E-state index in [0.29, 0.717) is 39.3 Å². The van der Waals surface area contributed by atoms with Crippen molar-refractivity contribution < 1.29 is 13.7 Å². The van der Waals surface area contributed by atoms with Gasteiger partial charge >= 0.3 is 7.12 Å². The van der Waals surface area contributed by atoms with Gasteiger partial charge in [-0.05, 0) is 11.5 Å². The first kappa shape index (κ1) is 17.7. The Balaban J connectivity index is 0.000000924. The fourth-order valence-corrected chi connectivity index (χ4v) is 3.35. The Bertz CT molecular complexity index is 745. The summed E-state index contributed by atoms with van der Waals surface area (Å²) in [6.45, 7) is 9.18. The summed E-state index contributed by atoms with van der Waals surface area (Å²) in [5, 5.41) is 10.1. The van der Waals surface area contributed by atoms with Gasteiger partial charge in [-0.2, -0.15) is 5.26 Å². The van der Waals surface area contributed by atoms with Gasteiger partial charge in [-0.25, -0.2) is 4.39 Å². The number of anilines is 1. The number of nitriles is 1. The molecular weight excluding hydrogens is 314 g/mol. The molecule has 1 aliphatic rings. The summed E-state index contributed by atoms with van der Waals surface area (Å²) in [6, 6.07) is 5.02. The highest BCUT2D eigenvalue weighted by atomic mass is 32.1. The van der Waals surface area contributed by atoms with Crippen molar-refractivity contribution >= 4 is 39.0 Å². The molecule has 0 atom stereocenters. The Morgan fingerprint density at radius 3 is 2.48 bits per heavy atom. The normalized spacial score (nSPS) is 16.6. The molecule has 23 heavy (non-hydrogen) atoms. The highest BCUT2D eigenvalue weighted by molar-refractivity contribution is 7.23. The number of halogens is 1. The fourth-order valence-electron chi connectivity index (χ4n) is 2.39. The van der Waals surface area contributed by atoms with E-state index in [0.717, 1.165) is 11.3 Å². The predicted molar refractivity (Wildman–Crippen MR) is 93.3 cm³/mol. The van der Waals surface area contributed by atoms with Crippen molar-refractivity contribution in [2.24, 2.45) is 5.41 Å². The van der Waals surface area contributed by atoms with E-state index < -0.39 is 7.12 Å². The number of fused-ring (bicyclic) bond motifs is 1. The SMILES string of the molecule is CC.CC1(C)COB(c2ccc(F)c3sc(N)c(C#N)c23)OC1. The third-order valence-corrected chi connectivity index (χ3v) is 4.49. The second-order valence-electron chi connectivity index (χ2n) is 5.91. The lowest BCUT2D eigenvalue weighted by Crippen LogP contribution is -2.47. The van der Waals surface area contributed by atoms with E-state index in [1.165, 1.54) is 6.07 Å². The molecule has 2 N–H and O–H groups in total. The molecule has 1 saturated heterocycles. The van der Waals surface area contributed by atoms with Gasteiger partial charge in [0.15, 0.2) is 0 Å². The molecule has 0 unspecified atom stereocenters. The Hall–Kier alpha value is -1.62. The van der Waals surface area contributed by atoms with Crippen LogP contribution >= 0.6 is 11.3 Å². The molecule has 2 heterocycles. The molecule has 2 aromatic rings. The van der Waals surface area contributed by atoms with Gasteiger partial charge in [-0.3, -0.25) is 0 Å². The molecule has 7 heteroatoms. The van der Waals surface area contributed by atoms with Crippen LogP contribution in [0.2, 0.25) is 0 Å². The number of nitrogens with two attached hydrogens (primary N) is 1. The summed E-state index contributed by atoms with van der Waals surface area (Å²) in [4.78, 5) is 0. The maximum absolute atomic E-state index is 13.9. The molecule has 0 bridgehead atoms. The van der Waals surface area contributed by atoms with E-state index in [-0.39, 0.29) is 11.2 Å². The first-order valence-electron chi connectivity index (χ1n) is 7.56. The molecule has 0 spiro atoms. The minimum absolute atomic E-state index is 0.0542. The largest absolute Gasteiger partial charge is 0.494 e. The molecule has 1 aromatic carbocycles. The van der Waals surface area contributed by atoms with E-state index in [4.69, 9.17) is 15.0 Å². The Morgan fingerprint density at radius 2 is 1.91 bits per heavy atom. The number of nitrogen functional groups attached to an aromatic ring is 1. The molecular formula is C16H20BFN2O2S. The number of thiophene rings is 1. The highest BCUT2D eigenvalue weighted by Crippen LogP contribution is 2.34. The van der Waals surface area contributed by atoms with Crippen LogP contribution in [0.3, 0.4) is 0 Å². The van der Waals surface area contributed by atoms with Crippen molar-refractivity contribution in [2.75, 3.05) is 18.9 Å². The number of rotatable bonds is 1. The smallest absolute Gasteiger partial charge is 0.407 e. The standard InChI is InChI=1S/C14H14BFN2O2S.C2H6/c1-14(2)6-19-15(20-7-14)9-3-4-10(16)12-11(9)8(5-17)13(18)21-12;1-2/h3-4H,6-7,18H2,1-2H3;1-2H3. The average Bonchev–Trinajstić information content (AvgIpc) is 2.87. The van der Waals surface area contributed by atoms with Crippen molar-refractivity contribution in [3.63, 3.8) is 0 Å². The van der Waals surface area contributed by atoms with Crippen molar-refractivity contribution in [3.8, 4) is 6.07 Å².